The van der Waals surface area contributed by atoms with Crippen LogP contribution in [0.15, 0.2) is 18.2 Å². The SMILES string of the molecule is CCCNCCS(=O)(=O)Nc1cc(C(F)(F)F)ccc1Cl. The van der Waals surface area contributed by atoms with Crippen molar-refractivity contribution in [3.63, 3.8) is 0 Å². The molecule has 0 aromatic heterocycles. The molecular formula is C12H16ClF3N2O2S. The van der Waals surface area contributed by atoms with E-state index in [2.05, 4.69) is 10.0 Å². The fourth-order valence-corrected chi connectivity index (χ4v) is 2.75. The Bertz CT molecular complexity index is 576. The van der Waals surface area contributed by atoms with E-state index in [1.807, 2.05) is 6.92 Å². The summed E-state index contributed by atoms with van der Waals surface area (Å²) >= 11 is 5.73. The second-order valence-electron chi connectivity index (χ2n) is 4.36. The third-order valence-corrected chi connectivity index (χ3v) is 4.14. The maximum Gasteiger partial charge on any atom is 0.416 e. The molecule has 0 aliphatic carbocycles. The van der Waals surface area contributed by atoms with Crippen LogP contribution < -0.4 is 10.0 Å². The number of nitrogens with one attached hydrogen (secondary N) is 2. The normalized spacial score (nSPS) is 12.4. The van der Waals surface area contributed by atoms with Crippen LogP contribution in [-0.2, 0) is 16.2 Å². The van der Waals surface area contributed by atoms with Gasteiger partial charge in [0.2, 0.25) is 10.0 Å². The van der Waals surface area contributed by atoms with Crippen LogP contribution in [0.3, 0.4) is 0 Å². The van der Waals surface area contributed by atoms with Crippen LogP contribution in [0.4, 0.5) is 18.9 Å². The van der Waals surface area contributed by atoms with Gasteiger partial charge in [0.15, 0.2) is 0 Å². The van der Waals surface area contributed by atoms with Crippen LogP contribution in [0.1, 0.15) is 18.9 Å². The number of benzene rings is 1. The van der Waals surface area contributed by atoms with Crippen LogP contribution >= 0.6 is 11.6 Å². The number of hydrogen-bond acceptors (Lipinski definition) is 3. The molecular weight excluding hydrogens is 329 g/mol. The lowest BCUT2D eigenvalue weighted by molar-refractivity contribution is -0.137. The highest BCUT2D eigenvalue weighted by Crippen LogP contribution is 2.34. The Labute approximate surface area is 126 Å². The molecule has 0 spiro atoms. The predicted octanol–water partition coefficient (Wildman–Crippen LogP) is 3.10. The predicted molar refractivity (Wildman–Crippen MR) is 77.0 cm³/mol. The fraction of sp³-hybridized carbons (Fsp3) is 0.500. The zero-order valence-electron chi connectivity index (χ0n) is 11.3. The molecule has 21 heavy (non-hydrogen) atoms. The summed E-state index contributed by atoms with van der Waals surface area (Å²) in [6.07, 6.45) is -3.71. The first-order valence-electron chi connectivity index (χ1n) is 6.23. The average Bonchev–Trinajstić information content (AvgIpc) is 2.36. The van der Waals surface area contributed by atoms with Crippen molar-refractivity contribution in [3.8, 4) is 0 Å². The Morgan fingerprint density at radius 2 is 1.90 bits per heavy atom. The summed E-state index contributed by atoms with van der Waals surface area (Å²) in [4.78, 5) is 0. The number of sulfonamides is 1. The van der Waals surface area contributed by atoms with E-state index in [4.69, 9.17) is 11.6 Å². The lowest BCUT2D eigenvalue weighted by atomic mass is 10.2. The standard InChI is InChI=1S/C12H16ClF3N2O2S/c1-2-5-17-6-7-21(19,20)18-11-8-9(12(14,15)16)3-4-10(11)13/h3-4,8,17-18H,2,5-7H2,1H3. The lowest BCUT2D eigenvalue weighted by Gasteiger charge is -2.13. The molecule has 0 aliphatic rings. The molecule has 120 valence electrons. The quantitative estimate of drug-likeness (QED) is 0.747. The highest BCUT2D eigenvalue weighted by molar-refractivity contribution is 7.92. The smallest absolute Gasteiger partial charge is 0.316 e. The minimum absolute atomic E-state index is 0.0897. The van der Waals surface area contributed by atoms with E-state index in [1.54, 1.807) is 0 Å². The monoisotopic (exact) mass is 344 g/mol. The van der Waals surface area contributed by atoms with Crippen molar-refractivity contribution in [1.29, 1.82) is 0 Å². The van der Waals surface area contributed by atoms with Crippen molar-refractivity contribution in [2.24, 2.45) is 0 Å². The third kappa shape index (κ3) is 6.11. The van der Waals surface area contributed by atoms with Crippen LogP contribution in [0, 0.1) is 0 Å². The van der Waals surface area contributed by atoms with Gasteiger partial charge in [-0.3, -0.25) is 4.72 Å². The molecule has 0 unspecified atom stereocenters. The van der Waals surface area contributed by atoms with Crippen molar-refractivity contribution in [2.45, 2.75) is 19.5 Å². The van der Waals surface area contributed by atoms with Gasteiger partial charge in [-0.2, -0.15) is 13.2 Å². The van der Waals surface area contributed by atoms with E-state index in [-0.39, 0.29) is 23.0 Å². The van der Waals surface area contributed by atoms with Gasteiger partial charge in [0.25, 0.3) is 0 Å². The van der Waals surface area contributed by atoms with E-state index in [0.717, 1.165) is 18.6 Å². The highest BCUT2D eigenvalue weighted by atomic mass is 35.5. The van der Waals surface area contributed by atoms with Gasteiger partial charge >= 0.3 is 6.18 Å². The van der Waals surface area contributed by atoms with Gasteiger partial charge in [-0.05, 0) is 31.2 Å². The van der Waals surface area contributed by atoms with E-state index < -0.39 is 21.8 Å². The largest absolute Gasteiger partial charge is 0.416 e. The Kier molecular flexibility index (Phi) is 6.30. The maximum absolute atomic E-state index is 12.6. The summed E-state index contributed by atoms with van der Waals surface area (Å²) in [6, 6.07) is 2.49. The summed E-state index contributed by atoms with van der Waals surface area (Å²) in [5.74, 6) is -0.250. The van der Waals surface area contributed by atoms with E-state index in [9.17, 15) is 21.6 Å². The first-order valence-corrected chi connectivity index (χ1v) is 8.26. The van der Waals surface area contributed by atoms with Crippen LogP contribution in [0.5, 0.6) is 0 Å². The number of hydrogen-bond donors (Lipinski definition) is 2. The zero-order chi connectivity index (χ0) is 16.1. The second-order valence-corrected chi connectivity index (χ2v) is 6.61. The van der Waals surface area contributed by atoms with Gasteiger partial charge in [0, 0.05) is 6.54 Å². The van der Waals surface area contributed by atoms with Gasteiger partial charge in [-0.15, -0.1) is 0 Å². The van der Waals surface area contributed by atoms with E-state index in [0.29, 0.717) is 12.6 Å². The first kappa shape index (κ1) is 18.1. The number of rotatable bonds is 7. The van der Waals surface area contributed by atoms with Gasteiger partial charge in [0.1, 0.15) is 0 Å². The molecule has 1 rings (SSSR count). The number of anilines is 1. The Morgan fingerprint density at radius 1 is 1.24 bits per heavy atom. The van der Waals surface area contributed by atoms with Gasteiger partial charge in [0.05, 0.1) is 22.0 Å². The first-order chi connectivity index (χ1) is 9.65. The molecule has 0 heterocycles. The van der Waals surface area contributed by atoms with Crippen molar-refractivity contribution in [3.05, 3.63) is 28.8 Å². The van der Waals surface area contributed by atoms with Crippen molar-refractivity contribution in [1.82, 2.24) is 5.32 Å². The summed E-state index contributed by atoms with van der Waals surface area (Å²) < 4.78 is 63.4. The molecule has 0 atom stereocenters. The molecule has 0 radical (unpaired) electrons. The van der Waals surface area contributed by atoms with Crippen molar-refractivity contribution >= 4 is 27.3 Å². The minimum atomic E-state index is -4.56. The van der Waals surface area contributed by atoms with E-state index >= 15 is 0 Å². The third-order valence-electron chi connectivity index (χ3n) is 2.53. The molecule has 1 aromatic rings. The number of alkyl halides is 3. The Morgan fingerprint density at radius 3 is 2.48 bits per heavy atom. The van der Waals surface area contributed by atoms with Gasteiger partial charge < -0.3 is 5.32 Å². The molecule has 0 saturated heterocycles. The molecule has 0 bridgehead atoms. The second kappa shape index (κ2) is 7.33. The topological polar surface area (TPSA) is 58.2 Å². The zero-order valence-corrected chi connectivity index (χ0v) is 12.9. The van der Waals surface area contributed by atoms with Crippen LogP contribution in [0.25, 0.3) is 0 Å². The maximum atomic E-state index is 12.6. The molecule has 0 fully saturated rings. The van der Waals surface area contributed by atoms with E-state index in [1.165, 1.54) is 0 Å². The molecule has 0 aliphatic heterocycles. The summed E-state index contributed by atoms with van der Waals surface area (Å²) in [5, 5.41) is 2.81. The average molecular weight is 345 g/mol. The van der Waals surface area contributed by atoms with Crippen molar-refractivity contribution < 1.29 is 21.6 Å². The Balaban J connectivity index is 2.82. The molecule has 1 aromatic carbocycles. The minimum Gasteiger partial charge on any atom is -0.316 e. The Hall–Kier alpha value is -0.990. The molecule has 4 nitrogen and oxygen atoms in total. The van der Waals surface area contributed by atoms with Gasteiger partial charge in [-0.1, -0.05) is 18.5 Å². The van der Waals surface area contributed by atoms with Crippen LogP contribution in [0.2, 0.25) is 5.02 Å². The number of halogens is 4. The summed E-state index contributed by atoms with van der Waals surface area (Å²) in [6.45, 7) is 2.81. The molecule has 0 amide bonds. The lowest BCUT2D eigenvalue weighted by Crippen LogP contribution is -2.27. The molecule has 2 N–H and O–H groups in total. The summed E-state index contributed by atoms with van der Waals surface area (Å²) in [7, 11) is -3.76. The highest BCUT2D eigenvalue weighted by Gasteiger charge is 2.31. The van der Waals surface area contributed by atoms with Crippen molar-refractivity contribution in [2.75, 3.05) is 23.6 Å². The molecule has 9 heteroatoms. The van der Waals surface area contributed by atoms with Gasteiger partial charge in [-0.25, -0.2) is 8.42 Å². The molecule has 0 saturated carbocycles. The van der Waals surface area contributed by atoms with Crippen LogP contribution in [-0.4, -0.2) is 27.3 Å². The summed E-state index contributed by atoms with van der Waals surface area (Å²) in [5.41, 5.74) is -1.24. The fourth-order valence-electron chi connectivity index (χ4n) is 1.51.